The average Bonchev–Trinajstić information content (AvgIpc) is 3.54. The van der Waals surface area contributed by atoms with Crippen LogP contribution in [0.25, 0.3) is 5.57 Å². The first-order chi connectivity index (χ1) is 18.7. The lowest BCUT2D eigenvalue weighted by Crippen LogP contribution is -2.66. The Hall–Kier alpha value is -2.51. The lowest BCUT2D eigenvalue weighted by molar-refractivity contribution is -0.0340. The normalized spacial score (nSPS) is 19.2. The van der Waals surface area contributed by atoms with Gasteiger partial charge in [-0.2, -0.15) is 10.4 Å². The van der Waals surface area contributed by atoms with Gasteiger partial charge in [0.15, 0.2) is 0 Å². The van der Waals surface area contributed by atoms with Crippen molar-refractivity contribution in [3.05, 3.63) is 42.4 Å². The van der Waals surface area contributed by atoms with Crippen molar-refractivity contribution in [2.75, 3.05) is 32.8 Å². The van der Waals surface area contributed by atoms with Crippen molar-refractivity contribution in [3.8, 4) is 6.07 Å². The van der Waals surface area contributed by atoms with Crippen LogP contribution >= 0.6 is 0 Å². The van der Waals surface area contributed by atoms with Gasteiger partial charge in [0, 0.05) is 63.5 Å². The zero-order valence-electron chi connectivity index (χ0n) is 24.6. The maximum atomic E-state index is 9.65. The van der Waals surface area contributed by atoms with E-state index in [1.807, 2.05) is 23.3 Å². The maximum Gasteiger partial charge on any atom is 0.141 e. The van der Waals surface area contributed by atoms with Gasteiger partial charge < -0.3 is 14.6 Å². The van der Waals surface area contributed by atoms with E-state index in [1.165, 1.54) is 12.8 Å². The number of nitrogens with zero attached hydrogens (tertiary/aromatic N) is 6. The Kier molecular flexibility index (Phi) is 9.65. The SMILES string of the molecule is C=C(c1cnn(C2(CC#N)CN(C3CCNCC3)C2)c1)c1ccn(COCC[Si](C)(C)C)c1N=CC(C)CC. The second-order valence-electron chi connectivity index (χ2n) is 12.6. The van der Waals surface area contributed by atoms with Crippen LogP contribution in [0.1, 0.15) is 50.7 Å². The van der Waals surface area contributed by atoms with E-state index in [0.29, 0.717) is 25.1 Å². The molecule has 2 aliphatic rings. The Morgan fingerprint density at radius 3 is 2.77 bits per heavy atom. The highest BCUT2D eigenvalue weighted by atomic mass is 28.3. The lowest BCUT2D eigenvalue weighted by atomic mass is 9.84. The van der Waals surface area contributed by atoms with Gasteiger partial charge in [-0.15, -0.1) is 0 Å². The molecule has 0 radical (unpaired) electrons. The minimum atomic E-state index is -1.15. The van der Waals surface area contributed by atoms with E-state index < -0.39 is 8.07 Å². The summed E-state index contributed by atoms with van der Waals surface area (Å²) in [5.41, 5.74) is 2.57. The second-order valence-corrected chi connectivity index (χ2v) is 18.3. The molecule has 2 aliphatic heterocycles. The predicted molar refractivity (Wildman–Crippen MR) is 162 cm³/mol. The minimum absolute atomic E-state index is 0.272. The van der Waals surface area contributed by atoms with Crippen molar-refractivity contribution in [1.29, 1.82) is 5.26 Å². The van der Waals surface area contributed by atoms with Crippen LogP contribution in [-0.4, -0.2) is 72.4 Å². The fourth-order valence-corrected chi connectivity index (χ4v) is 6.07. The summed E-state index contributed by atoms with van der Waals surface area (Å²) in [6, 6.07) is 6.24. The number of nitriles is 1. The van der Waals surface area contributed by atoms with Gasteiger partial charge in [-0.3, -0.25) is 9.58 Å². The molecule has 2 aromatic heterocycles. The molecule has 0 bridgehead atoms. The molecule has 1 N–H and O–H groups in total. The number of ether oxygens (including phenoxy) is 1. The van der Waals surface area contributed by atoms with Gasteiger partial charge in [0.1, 0.15) is 18.1 Å². The van der Waals surface area contributed by atoms with Gasteiger partial charge in [-0.1, -0.05) is 40.1 Å². The molecule has 0 amide bonds. The number of hydrogen-bond donors (Lipinski definition) is 1. The quantitative estimate of drug-likeness (QED) is 0.203. The number of piperidine rings is 1. The molecule has 2 saturated heterocycles. The van der Waals surface area contributed by atoms with Crippen molar-refractivity contribution in [3.63, 3.8) is 0 Å². The molecule has 0 saturated carbocycles. The Balaban J connectivity index is 1.51. The average molecular weight is 550 g/mol. The van der Waals surface area contributed by atoms with Gasteiger partial charge in [-0.05, 0) is 56.0 Å². The maximum absolute atomic E-state index is 9.65. The fourth-order valence-electron chi connectivity index (χ4n) is 5.31. The van der Waals surface area contributed by atoms with Crippen LogP contribution in [0.5, 0.6) is 0 Å². The first-order valence-electron chi connectivity index (χ1n) is 14.5. The minimum Gasteiger partial charge on any atom is -0.361 e. The summed E-state index contributed by atoms with van der Waals surface area (Å²) >= 11 is 0. The van der Waals surface area contributed by atoms with Crippen LogP contribution in [0.3, 0.4) is 0 Å². The molecule has 4 rings (SSSR count). The van der Waals surface area contributed by atoms with E-state index in [0.717, 1.165) is 67.8 Å². The van der Waals surface area contributed by atoms with Crippen molar-refractivity contribution in [2.45, 2.75) is 83.5 Å². The van der Waals surface area contributed by atoms with E-state index in [2.05, 4.69) is 73.2 Å². The highest BCUT2D eigenvalue weighted by Crippen LogP contribution is 2.37. The standard InChI is InChI=1S/C30H47N7OSi/c1-7-24(2)18-33-29-28(10-15-35(29)23-38-16-17-39(4,5)6)25(3)26-19-34-37(20-26)30(11-12-31)21-36(22-30)27-8-13-32-14-9-27/h10,15,18-20,24,27,32H,3,7-9,11,13-14,16-17,21-23H2,1-2,4-6H3. The third-order valence-corrected chi connectivity index (χ3v) is 9.93. The molecule has 2 aromatic rings. The van der Waals surface area contributed by atoms with Crippen LogP contribution in [0.15, 0.2) is 36.2 Å². The first kappa shape index (κ1) is 29.5. The topological polar surface area (TPSA) is 83.4 Å². The molecule has 1 atom stereocenters. The van der Waals surface area contributed by atoms with Gasteiger partial charge in [0.25, 0.3) is 0 Å². The summed E-state index contributed by atoms with van der Waals surface area (Å²) in [4.78, 5) is 7.43. The zero-order valence-corrected chi connectivity index (χ0v) is 25.6. The van der Waals surface area contributed by atoms with Crippen LogP contribution in [0.2, 0.25) is 25.7 Å². The highest BCUT2D eigenvalue weighted by Gasteiger charge is 2.47. The van der Waals surface area contributed by atoms with E-state index in [4.69, 9.17) is 14.8 Å². The predicted octanol–water partition coefficient (Wildman–Crippen LogP) is 5.48. The molecule has 0 aliphatic carbocycles. The van der Waals surface area contributed by atoms with Gasteiger partial charge in [0.05, 0.1) is 18.7 Å². The largest absolute Gasteiger partial charge is 0.361 e. The number of aromatic nitrogens is 3. The Bertz CT molecular complexity index is 1170. The molecule has 9 heteroatoms. The number of hydrogen-bond acceptors (Lipinski definition) is 6. The van der Waals surface area contributed by atoms with Gasteiger partial charge in [-0.25, -0.2) is 4.99 Å². The van der Waals surface area contributed by atoms with E-state index in [-0.39, 0.29) is 5.54 Å². The molecule has 1 unspecified atom stereocenters. The van der Waals surface area contributed by atoms with Crippen LogP contribution in [-0.2, 0) is 17.0 Å². The molecule has 212 valence electrons. The third kappa shape index (κ3) is 7.17. The van der Waals surface area contributed by atoms with E-state index in [9.17, 15) is 5.26 Å². The molecule has 0 spiro atoms. The molecule has 4 heterocycles. The summed E-state index contributed by atoms with van der Waals surface area (Å²) in [6.45, 7) is 21.0. The first-order valence-corrected chi connectivity index (χ1v) is 18.2. The fraction of sp³-hybridized carbons (Fsp3) is 0.633. The Labute approximate surface area is 235 Å². The van der Waals surface area contributed by atoms with Gasteiger partial charge >= 0.3 is 0 Å². The second kappa shape index (κ2) is 12.8. The van der Waals surface area contributed by atoms with Gasteiger partial charge in [0.2, 0.25) is 0 Å². The monoisotopic (exact) mass is 549 g/mol. The number of rotatable bonds is 13. The number of aliphatic imine (C=N–C) groups is 1. The summed E-state index contributed by atoms with van der Waals surface area (Å²) in [5.74, 6) is 1.26. The lowest BCUT2D eigenvalue weighted by Gasteiger charge is -2.53. The van der Waals surface area contributed by atoms with E-state index in [1.54, 1.807) is 0 Å². The van der Waals surface area contributed by atoms with Crippen LogP contribution in [0.4, 0.5) is 5.82 Å². The van der Waals surface area contributed by atoms with E-state index >= 15 is 0 Å². The Morgan fingerprint density at radius 2 is 2.10 bits per heavy atom. The smallest absolute Gasteiger partial charge is 0.141 e. The number of nitrogens with one attached hydrogen (secondary N) is 1. The molecular formula is C30H47N7OSi. The third-order valence-electron chi connectivity index (χ3n) is 8.23. The Morgan fingerprint density at radius 1 is 1.36 bits per heavy atom. The van der Waals surface area contributed by atoms with Crippen molar-refractivity contribution in [1.82, 2.24) is 24.6 Å². The molecule has 0 aromatic carbocycles. The molecule has 39 heavy (non-hydrogen) atoms. The summed E-state index contributed by atoms with van der Waals surface area (Å²) < 4.78 is 10.2. The summed E-state index contributed by atoms with van der Waals surface area (Å²) in [7, 11) is -1.15. The van der Waals surface area contributed by atoms with Crippen molar-refractivity contribution in [2.24, 2.45) is 10.9 Å². The van der Waals surface area contributed by atoms with Crippen LogP contribution < -0.4 is 5.32 Å². The van der Waals surface area contributed by atoms with Crippen molar-refractivity contribution < 1.29 is 4.74 Å². The molecule has 2 fully saturated rings. The zero-order chi connectivity index (χ0) is 28.0. The van der Waals surface area contributed by atoms with Crippen molar-refractivity contribution >= 4 is 25.7 Å². The molecular weight excluding hydrogens is 502 g/mol. The highest BCUT2D eigenvalue weighted by molar-refractivity contribution is 6.76. The number of likely N-dealkylation sites (tertiary alicyclic amines) is 1. The molecule has 8 nitrogen and oxygen atoms in total. The summed E-state index contributed by atoms with van der Waals surface area (Å²) in [5, 5.41) is 17.9. The summed E-state index contributed by atoms with van der Waals surface area (Å²) in [6.07, 6.45) is 11.9. The van der Waals surface area contributed by atoms with Crippen LogP contribution in [0, 0.1) is 17.2 Å².